The molecule has 0 atom stereocenters. The molecule has 1 aromatic rings. The number of aliphatic hydroxyl groups excluding tert-OH is 1. The van der Waals surface area contributed by atoms with E-state index in [4.69, 9.17) is 5.11 Å². The van der Waals surface area contributed by atoms with Crippen LogP contribution in [0.25, 0.3) is 0 Å². The normalized spacial score (nSPS) is 11.1. The Morgan fingerprint density at radius 1 is 1.25 bits per heavy atom. The van der Waals surface area contributed by atoms with E-state index in [0.29, 0.717) is 25.7 Å². The van der Waals surface area contributed by atoms with E-state index in [1.54, 1.807) is 0 Å². The van der Waals surface area contributed by atoms with E-state index in [0.717, 1.165) is 18.4 Å². The number of carbonyl (C=O) groups is 1. The maximum atomic E-state index is 12.0. The van der Waals surface area contributed by atoms with Crippen molar-refractivity contribution in [3.63, 3.8) is 0 Å². The quantitative estimate of drug-likeness (QED) is 0.724. The van der Waals surface area contributed by atoms with Crippen molar-refractivity contribution in [3.05, 3.63) is 35.9 Å². The average Bonchev–Trinajstić information content (AvgIpc) is 2.47. The Kier molecular flexibility index (Phi) is 7.92. The summed E-state index contributed by atoms with van der Waals surface area (Å²) in [4.78, 5) is 14.1. The van der Waals surface area contributed by atoms with Crippen LogP contribution in [0.15, 0.2) is 30.3 Å². The third-order valence-electron chi connectivity index (χ3n) is 3.53. The van der Waals surface area contributed by atoms with Crippen molar-refractivity contribution >= 4 is 5.91 Å². The van der Waals surface area contributed by atoms with Gasteiger partial charge in [-0.15, -0.1) is 0 Å². The van der Waals surface area contributed by atoms with Crippen molar-refractivity contribution in [3.8, 4) is 0 Å². The second kappa shape index (κ2) is 9.50. The number of nitrogens with zero attached hydrogens (tertiary/aromatic N) is 1. The molecule has 1 aromatic carbocycles. The topological polar surface area (TPSA) is 52.6 Å². The predicted octanol–water partition coefficient (Wildman–Crippen LogP) is 1.79. The Labute approximate surface area is 121 Å². The monoisotopic (exact) mass is 278 g/mol. The van der Waals surface area contributed by atoms with Crippen molar-refractivity contribution < 1.29 is 9.90 Å². The van der Waals surface area contributed by atoms with Gasteiger partial charge < -0.3 is 10.4 Å². The highest BCUT2D eigenvalue weighted by Crippen LogP contribution is 2.07. The van der Waals surface area contributed by atoms with E-state index in [1.165, 1.54) is 0 Å². The van der Waals surface area contributed by atoms with Crippen molar-refractivity contribution in [1.82, 2.24) is 10.2 Å². The van der Waals surface area contributed by atoms with Crippen molar-refractivity contribution in [1.29, 1.82) is 0 Å². The number of carbonyl (C=O) groups excluding carboxylic acids is 1. The molecular weight excluding hydrogens is 252 g/mol. The Morgan fingerprint density at radius 3 is 2.45 bits per heavy atom. The average molecular weight is 278 g/mol. The number of aliphatic hydroxyl groups is 1. The van der Waals surface area contributed by atoms with Crippen molar-refractivity contribution in [2.24, 2.45) is 0 Å². The van der Waals surface area contributed by atoms with E-state index in [-0.39, 0.29) is 12.5 Å². The zero-order chi connectivity index (χ0) is 14.8. The summed E-state index contributed by atoms with van der Waals surface area (Å²) in [5, 5.41) is 12.1. The Morgan fingerprint density at radius 2 is 1.90 bits per heavy atom. The molecule has 20 heavy (non-hydrogen) atoms. The highest BCUT2D eigenvalue weighted by Gasteiger charge is 2.17. The van der Waals surface area contributed by atoms with Crippen LogP contribution in [-0.4, -0.2) is 41.7 Å². The van der Waals surface area contributed by atoms with Gasteiger partial charge in [-0.1, -0.05) is 44.2 Å². The van der Waals surface area contributed by atoms with Crippen LogP contribution in [0.4, 0.5) is 0 Å². The highest BCUT2D eigenvalue weighted by molar-refractivity contribution is 5.78. The minimum atomic E-state index is 0.00852. The minimum Gasteiger partial charge on any atom is -0.395 e. The Bertz CT molecular complexity index is 377. The number of hydrogen-bond acceptors (Lipinski definition) is 3. The SMILES string of the molecule is CCC(CC)N(CCO)CC(=O)NCc1ccccc1. The predicted molar refractivity (Wildman–Crippen MR) is 81.3 cm³/mol. The third-order valence-corrected chi connectivity index (χ3v) is 3.53. The molecule has 1 rings (SSSR count). The second-order valence-electron chi connectivity index (χ2n) is 4.93. The van der Waals surface area contributed by atoms with Crippen LogP contribution in [0.5, 0.6) is 0 Å². The molecule has 0 aliphatic carbocycles. The van der Waals surface area contributed by atoms with Crippen LogP contribution in [0.3, 0.4) is 0 Å². The molecule has 0 saturated carbocycles. The van der Waals surface area contributed by atoms with Gasteiger partial charge in [0.05, 0.1) is 13.2 Å². The molecule has 0 spiro atoms. The Hall–Kier alpha value is -1.39. The molecule has 0 bridgehead atoms. The third kappa shape index (κ3) is 5.72. The van der Waals surface area contributed by atoms with Crippen LogP contribution in [0, 0.1) is 0 Å². The molecule has 0 fully saturated rings. The number of rotatable bonds is 9. The summed E-state index contributed by atoms with van der Waals surface area (Å²) < 4.78 is 0. The molecule has 0 heterocycles. The van der Waals surface area contributed by atoms with Gasteiger partial charge in [0.25, 0.3) is 0 Å². The minimum absolute atomic E-state index is 0.00852. The lowest BCUT2D eigenvalue weighted by Gasteiger charge is -2.29. The molecular formula is C16H26N2O2. The van der Waals surface area contributed by atoms with Gasteiger partial charge in [-0.05, 0) is 18.4 Å². The van der Waals surface area contributed by atoms with Crippen LogP contribution < -0.4 is 5.32 Å². The van der Waals surface area contributed by atoms with E-state index in [9.17, 15) is 4.79 Å². The number of nitrogens with one attached hydrogen (secondary N) is 1. The van der Waals surface area contributed by atoms with Gasteiger partial charge >= 0.3 is 0 Å². The number of benzene rings is 1. The molecule has 0 aromatic heterocycles. The smallest absolute Gasteiger partial charge is 0.234 e. The molecule has 2 N–H and O–H groups in total. The molecule has 0 saturated heterocycles. The standard InChI is InChI=1S/C16H26N2O2/c1-3-15(4-2)18(10-11-19)13-16(20)17-12-14-8-6-5-7-9-14/h5-9,15,19H,3-4,10-13H2,1-2H3,(H,17,20). The number of amides is 1. The van der Waals surface area contributed by atoms with Gasteiger partial charge in [-0.25, -0.2) is 0 Å². The summed E-state index contributed by atoms with van der Waals surface area (Å²) in [6.07, 6.45) is 1.98. The highest BCUT2D eigenvalue weighted by atomic mass is 16.3. The molecule has 0 radical (unpaired) electrons. The molecule has 4 heteroatoms. The maximum Gasteiger partial charge on any atom is 0.234 e. The summed E-state index contributed by atoms with van der Waals surface area (Å²) >= 11 is 0. The van der Waals surface area contributed by atoms with E-state index in [2.05, 4.69) is 24.1 Å². The fourth-order valence-electron chi connectivity index (χ4n) is 2.36. The van der Waals surface area contributed by atoms with E-state index in [1.807, 2.05) is 30.3 Å². The molecule has 0 aliphatic rings. The lowest BCUT2D eigenvalue weighted by Crippen LogP contribution is -2.43. The summed E-state index contributed by atoms with van der Waals surface area (Å²) in [5.74, 6) is 0.00852. The Balaban J connectivity index is 2.45. The maximum absolute atomic E-state index is 12.0. The fourth-order valence-corrected chi connectivity index (χ4v) is 2.36. The van der Waals surface area contributed by atoms with E-state index >= 15 is 0 Å². The fraction of sp³-hybridized carbons (Fsp3) is 0.562. The summed E-state index contributed by atoms with van der Waals surface area (Å²) in [7, 11) is 0. The van der Waals surface area contributed by atoms with Gasteiger partial charge in [0.15, 0.2) is 0 Å². The first kappa shape index (κ1) is 16.7. The summed E-state index contributed by atoms with van der Waals surface area (Å²) in [5.41, 5.74) is 1.09. The molecule has 1 amide bonds. The summed E-state index contributed by atoms with van der Waals surface area (Å²) in [6, 6.07) is 10.2. The zero-order valence-electron chi connectivity index (χ0n) is 12.5. The van der Waals surface area contributed by atoms with Gasteiger partial charge in [-0.2, -0.15) is 0 Å². The summed E-state index contributed by atoms with van der Waals surface area (Å²) in [6.45, 7) is 5.75. The first-order valence-corrected chi connectivity index (χ1v) is 7.36. The zero-order valence-corrected chi connectivity index (χ0v) is 12.5. The largest absolute Gasteiger partial charge is 0.395 e. The lowest BCUT2D eigenvalue weighted by molar-refractivity contribution is -0.123. The van der Waals surface area contributed by atoms with Gasteiger partial charge in [0.1, 0.15) is 0 Å². The molecule has 0 unspecified atom stereocenters. The van der Waals surface area contributed by atoms with Gasteiger partial charge in [0.2, 0.25) is 5.91 Å². The van der Waals surface area contributed by atoms with Crippen molar-refractivity contribution in [2.75, 3.05) is 19.7 Å². The van der Waals surface area contributed by atoms with Crippen molar-refractivity contribution in [2.45, 2.75) is 39.3 Å². The van der Waals surface area contributed by atoms with Crippen LogP contribution in [-0.2, 0) is 11.3 Å². The first-order chi connectivity index (χ1) is 9.71. The molecule has 112 valence electrons. The molecule has 4 nitrogen and oxygen atoms in total. The number of hydrogen-bond donors (Lipinski definition) is 2. The van der Waals surface area contributed by atoms with Gasteiger partial charge in [-0.3, -0.25) is 9.69 Å². The van der Waals surface area contributed by atoms with Crippen LogP contribution in [0.1, 0.15) is 32.3 Å². The van der Waals surface area contributed by atoms with Crippen LogP contribution >= 0.6 is 0 Å². The second-order valence-corrected chi connectivity index (χ2v) is 4.93. The lowest BCUT2D eigenvalue weighted by atomic mass is 10.1. The van der Waals surface area contributed by atoms with E-state index < -0.39 is 0 Å². The molecule has 0 aliphatic heterocycles. The van der Waals surface area contributed by atoms with Crippen LogP contribution in [0.2, 0.25) is 0 Å². The first-order valence-electron chi connectivity index (χ1n) is 7.36. The van der Waals surface area contributed by atoms with Gasteiger partial charge in [0, 0.05) is 19.1 Å².